The maximum atomic E-state index is 12.3. The van der Waals surface area contributed by atoms with Crippen molar-refractivity contribution >= 4 is 46.4 Å². The lowest BCUT2D eigenvalue weighted by Gasteiger charge is -2.26. The first-order valence-corrected chi connectivity index (χ1v) is 6.77. The molecule has 1 aliphatic rings. The summed E-state index contributed by atoms with van der Waals surface area (Å²) in [5.74, 6) is -0.274. The summed E-state index contributed by atoms with van der Waals surface area (Å²) < 4.78 is 5.24. The molecule has 19 heavy (non-hydrogen) atoms. The molecule has 104 valence electrons. The fourth-order valence-corrected chi connectivity index (χ4v) is 2.75. The molecule has 0 radical (unpaired) electrons. The minimum Gasteiger partial charge on any atom is -0.379 e. The minimum absolute atomic E-state index is 0.267. The summed E-state index contributed by atoms with van der Waals surface area (Å²) in [6.45, 7) is 2.37. The average Bonchev–Trinajstić information content (AvgIpc) is 2.65. The summed E-state index contributed by atoms with van der Waals surface area (Å²) in [6.07, 6.45) is 0. The molecule has 0 spiro atoms. The minimum atomic E-state index is -0.799. The largest absolute Gasteiger partial charge is 0.379 e. The van der Waals surface area contributed by atoms with Crippen molar-refractivity contribution in [2.45, 2.75) is 13.0 Å². The lowest BCUT2D eigenvalue weighted by molar-refractivity contribution is -0.125. The van der Waals surface area contributed by atoms with Crippen LogP contribution in [0.25, 0.3) is 0 Å². The Morgan fingerprint density at radius 2 is 2.00 bits per heavy atom. The van der Waals surface area contributed by atoms with E-state index >= 15 is 0 Å². The highest BCUT2D eigenvalue weighted by molar-refractivity contribution is 6.42. The lowest BCUT2D eigenvalue weighted by Crippen LogP contribution is -2.47. The number of benzene rings is 1. The lowest BCUT2D eigenvalue weighted by atomic mass is 9.85. The fourth-order valence-electron chi connectivity index (χ4n) is 1.84. The first-order chi connectivity index (χ1) is 8.84. The molecule has 1 fully saturated rings. The monoisotopic (exact) mass is 322 g/mol. The van der Waals surface area contributed by atoms with Crippen molar-refractivity contribution < 1.29 is 9.53 Å². The topological polar surface area (TPSA) is 64.3 Å². The van der Waals surface area contributed by atoms with Gasteiger partial charge in [0.2, 0.25) is 5.91 Å². The van der Waals surface area contributed by atoms with Crippen LogP contribution in [0.2, 0.25) is 15.1 Å². The van der Waals surface area contributed by atoms with Gasteiger partial charge in [-0.25, -0.2) is 0 Å². The van der Waals surface area contributed by atoms with Crippen LogP contribution in [-0.2, 0) is 9.53 Å². The van der Waals surface area contributed by atoms with E-state index in [1.807, 2.05) is 0 Å². The van der Waals surface area contributed by atoms with Gasteiger partial charge in [-0.05, 0) is 19.1 Å². The van der Waals surface area contributed by atoms with Gasteiger partial charge in [-0.1, -0.05) is 34.8 Å². The number of anilines is 1. The highest BCUT2D eigenvalue weighted by Gasteiger charge is 2.44. The zero-order valence-corrected chi connectivity index (χ0v) is 12.4. The van der Waals surface area contributed by atoms with E-state index in [9.17, 15) is 4.79 Å². The standard InChI is InChI=1S/C12H13Cl3N2O2/c1-12(5-19-4-9(12)16)11(18)17-10-7(14)2-6(13)3-8(10)15/h2-3,9H,4-5,16H2,1H3,(H,17,18). The van der Waals surface area contributed by atoms with Gasteiger partial charge in [0.05, 0.1) is 34.4 Å². The van der Waals surface area contributed by atoms with Crippen LogP contribution in [0.5, 0.6) is 0 Å². The van der Waals surface area contributed by atoms with Crippen LogP contribution >= 0.6 is 34.8 Å². The molecular formula is C12H13Cl3N2O2. The van der Waals surface area contributed by atoms with Crippen molar-refractivity contribution in [1.29, 1.82) is 0 Å². The van der Waals surface area contributed by atoms with Crippen LogP contribution in [0.15, 0.2) is 12.1 Å². The maximum Gasteiger partial charge on any atom is 0.234 e. The SMILES string of the molecule is CC1(C(=O)Nc2c(Cl)cc(Cl)cc2Cl)COCC1N. The van der Waals surface area contributed by atoms with Crippen LogP contribution in [0, 0.1) is 5.41 Å². The zero-order chi connectivity index (χ0) is 14.2. The van der Waals surface area contributed by atoms with E-state index in [0.29, 0.717) is 17.3 Å². The van der Waals surface area contributed by atoms with Crippen molar-refractivity contribution in [3.63, 3.8) is 0 Å². The molecule has 2 unspecified atom stereocenters. The maximum absolute atomic E-state index is 12.3. The Bertz CT molecular complexity index is 501. The molecule has 7 heteroatoms. The Balaban J connectivity index is 2.25. The van der Waals surface area contributed by atoms with Crippen LogP contribution in [0.1, 0.15) is 6.92 Å². The molecule has 0 saturated carbocycles. The number of nitrogens with one attached hydrogen (secondary N) is 1. The summed E-state index contributed by atoms with van der Waals surface area (Å²) in [7, 11) is 0. The molecule has 1 saturated heterocycles. The molecule has 1 heterocycles. The number of halogens is 3. The number of hydrogen-bond acceptors (Lipinski definition) is 3. The molecule has 0 aliphatic carbocycles. The smallest absolute Gasteiger partial charge is 0.234 e. The van der Waals surface area contributed by atoms with Crippen molar-refractivity contribution in [3.8, 4) is 0 Å². The van der Waals surface area contributed by atoms with E-state index in [1.54, 1.807) is 6.92 Å². The average molecular weight is 324 g/mol. The predicted molar refractivity (Wildman–Crippen MR) is 77.0 cm³/mol. The van der Waals surface area contributed by atoms with Crippen LogP contribution < -0.4 is 11.1 Å². The highest BCUT2D eigenvalue weighted by atomic mass is 35.5. The summed E-state index contributed by atoms with van der Waals surface area (Å²) in [5, 5.41) is 3.66. The molecule has 2 rings (SSSR count). The quantitative estimate of drug-likeness (QED) is 0.879. The third-order valence-electron chi connectivity index (χ3n) is 3.28. The van der Waals surface area contributed by atoms with Gasteiger partial charge >= 0.3 is 0 Å². The molecule has 2 atom stereocenters. The Hall–Kier alpha value is -0.520. The molecule has 4 nitrogen and oxygen atoms in total. The van der Waals surface area contributed by atoms with Crippen LogP contribution in [0.3, 0.4) is 0 Å². The summed E-state index contributed by atoms with van der Waals surface area (Å²) >= 11 is 17.9. The second kappa shape index (κ2) is 5.46. The molecular weight excluding hydrogens is 311 g/mol. The van der Waals surface area contributed by atoms with Gasteiger partial charge in [0.15, 0.2) is 0 Å². The van der Waals surface area contributed by atoms with Gasteiger partial charge in [-0.15, -0.1) is 0 Å². The van der Waals surface area contributed by atoms with E-state index in [0.717, 1.165) is 0 Å². The number of amides is 1. The van der Waals surface area contributed by atoms with Crippen LogP contribution in [-0.4, -0.2) is 25.2 Å². The molecule has 1 aromatic carbocycles. The highest BCUT2D eigenvalue weighted by Crippen LogP contribution is 2.36. The van der Waals surface area contributed by atoms with E-state index in [-0.39, 0.29) is 28.6 Å². The first kappa shape index (κ1) is 14.9. The van der Waals surface area contributed by atoms with Crippen molar-refractivity contribution in [1.82, 2.24) is 0 Å². The summed E-state index contributed by atoms with van der Waals surface area (Å²) in [4.78, 5) is 12.3. The number of rotatable bonds is 2. The Morgan fingerprint density at radius 3 is 2.47 bits per heavy atom. The van der Waals surface area contributed by atoms with E-state index < -0.39 is 5.41 Å². The predicted octanol–water partition coefficient (Wildman–Crippen LogP) is 2.95. The molecule has 1 aliphatic heterocycles. The Kier molecular flexibility index (Phi) is 4.28. The van der Waals surface area contributed by atoms with Crippen molar-refractivity contribution in [3.05, 3.63) is 27.2 Å². The molecule has 0 bridgehead atoms. The summed E-state index contributed by atoms with van der Waals surface area (Å²) in [6, 6.07) is 2.66. The molecule has 0 aromatic heterocycles. The molecule has 1 amide bonds. The second-order valence-electron chi connectivity index (χ2n) is 4.74. The number of carbonyl (C=O) groups is 1. The van der Waals surface area contributed by atoms with E-state index in [1.165, 1.54) is 12.1 Å². The van der Waals surface area contributed by atoms with Gasteiger partial charge in [-0.3, -0.25) is 4.79 Å². The first-order valence-electron chi connectivity index (χ1n) is 5.64. The second-order valence-corrected chi connectivity index (χ2v) is 5.99. The number of nitrogens with two attached hydrogens (primary N) is 1. The third kappa shape index (κ3) is 2.83. The van der Waals surface area contributed by atoms with Gasteiger partial charge in [0.1, 0.15) is 0 Å². The summed E-state index contributed by atoms with van der Waals surface area (Å²) in [5.41, 5.74) is 5.43. The van der Waals surface area contributed by atoms with E-state index in [2.05, 4.69) is 5.32 Å². The normalized spacial score (nSPS) is 26.5. The third-order valence-corrected chi connectivity index (χ3v) is 4.10. The zero-order valence-electron chi connectivity index (χ0n) is 10.2. The fraction of sp³-hybridized carbons (Fsp3) is 0.417. The molecule has 1 aromatic rings. The number of ether oxygens (including phenoxy) is 1. The Morgan fingerprint density at radius 1 is 1.42 bits per heavy atom. The number of hydrogen-bond donors (Lipinski definition) is 2. The van der Waals surface area contributed by atoms with Crippen molar-refractivity contribution in [2.75, 3.05) is 18.5 Å². The molecule has 3 N–H and O–H groups in total. The van der Waals surface area contributed by atoms with Gasteiger partial charge in [-0.2, -0.15) is 0 Å². The number of carbonyl (C=O) groups excluding carboxylic acids is 1. The van der Waals surface area contributed by atoms with Crippen molar-refractivity contribution in [2.24, 2.45) is 11.1 Å². The van der Waals surface area contributed by atoms with Gasteiger partial charge in [0, 0.05) is 11.1 Å². The van der Waals surface area contributed by atoms with Gasteiger partial charge < -0.3 is 15.8 Å². The van der Waals surface area contributed by atoms with E-state index in [4.69, 9.17) is 45.3 Å². The van der Waals surface area contributed by atoms with Crippen LogP contribution in [0.4, 0.5) is 5.69 Å². The Labute approximate surface area is 126 Å². The van der Waals surface area contributed by atoms with Gasteiger partial charge in [0.25, 0.3) is 0 Å².